The highest BCUT2D eigenvalue weighted by atomic mass is 19.1. The maximum atomic E-state index is 13.4. The first-order valence-corrected chi connectivity index (χ1v) is 6.88. The minimum Gasteiger partial charge on any atom is -0.459 e. The van der Waals surface area contributed by atoms with Gasteiger partial charge in [0.1, 0.15) is 17.2 Å². The van der Waals surface area contributed by atoms with Crippen molar-refractivity contribution in [1.82, 2.24) is 10.3 Å². The minimum atomic E-state index is -0.254. The second-order valence-electron chi connectivity index (χ2n) is 5.19. The lowest BCUT2D eigenvalue weighted by molar-refractivity contribution is 0.487. The van der Waals surface area contributed by atoms with Crippen LogP contribution in [0.3, 0.4) is 0 Å². The van der Waals surface area contributed by atoms with Gasteiger partial charge in [-0.25, -0.2) is 4.39 Å². The van der Waals surface area contributed by atoms with Gasteiger partial charge in [-0.15, -0.1) is 0 Å². The number of furan rings is 1. The summed E-state index contributed by atoms with van der Waals surface area (Å²) >= 11 is 0. The summed E-state index contributed by atoms with van der Waals surface area (Å²) in [6, 6.07) is 8.48. The van der Waals surface area contributed by atoms with Gasteiger partial charge < -0.3 is 9.73 Å². The van der Waals surface area contributed by atoms with Crippen molar-refractivity contribution in [3.05, 3.63) is 64.9 Å². The molecule has 1 atom stereocenters. The molecule has 1 aromatic carbocycles. The number of pyridine rings is 1. The summed E-state index contributed by atoms with van der Waals surface area (Å²) in [7, 11) is 1.87. The SMILES string of the molecule is CNC(c1ccc(C)nc1)c1oc2ccc(F)cc2c1C. The van der Waals surface area contributed by atoms with E-state index < -0.39 is 0 Å². The summed E-state index contributed by atoms with van der Waals surface area (Å²) in [4.78, 5) is 4.33. The van der Waals surface area contributed by atoms with Crippen LogP contribution in [0.15, 0.2) is 40.9 Å². The standard InChI is InChI=1S/C17H17FN2O/c1-10-4-5-12(9-20-10)16(19-3)17-11(2)14-8-13(18)6-7-15(14)21-17/h4-9,16,19H,1-3H3. The number of fused-ring (bicyclic) bond motifs is 1. The first-order valence-electron chi connectivity index (χ1n) is 6.88. The molecule has 0 spiro atoms. The molecule has 1 N–H and O–H groups in total. The third-order valence-corrected chi connectivity index (χ3v) is 3.75. The minimum absolute atomic E-state index is 0.103. The molecular weight excluding hydrogens is 267 g/mol. The van der Waals surface area contributed by atoms with Gasteiger partial charge in [0.25, 0.3) is 0 Å². The highest BCUT2D eigenvalue weighted by Crippen LogP contribution is 2.32. The van der Waals surface area contributed by atoms with Gasteiger partial charge in [-0.3, -0.25) is 4.98 Å². The van der Waals surface area contributed by atoms with Gasteiger partial charge in [0.05, 0.1) is 6.04 Å². The highest BCUT2D eigenvalue weighted by Gasteiger charge is 2.21. The van der Waals surface area contributed by atoms with Crippen LogP contribution < -0.4 is 5.32 Å². The Balaban J connectivity index is 2.12. The Kier molecular flexibility index (Phi) is 3.47. The Labute approximate surface area is 122 Å². The number of hydrogen-bond donors (Lipinski definition) is 1. The average Bonchev–Trinajstić information content (AvgIpc) is 2.79. The maximum absolute atomic E-state index is 13.4. The topological polar surface area (TPSA) is 38.1 Å². The molecule has 3 nitrogen and oxygen atoms in total. The van der Waals surface area contributed by atoms with Gasteiger partial charge in [0, 0.05) is 22.8 Å². The van der Waals surface area contributed by atoms with Crippen molar-refractivity contribution in [2.75, 3.05) is 7.05 Å². The van der Waals surface area contributed by atoms with Gasteiger partial charge in [0.15, 0.2) is 0 Å². The van der Waals surface area contributed by atoms with Crippen molar-refractivity contribution < 1.29 is 8.81 Å². The van der Waals surface area contributed by atoms with Crippen LogP contribution in [0.2, 0.25) is 0 Å². The average molecular weight is 284 g/mol. The zero-order valence-corrected chi connectivity index (χ0v) is 12.3. The number of hydrogen-bond acceptors (Lipinski definition) is 3. The summed E-state index contributed by atoms with van der Waals surface area (Å²) in [6.45, 7) is 3.90. The summed E-state index contributed by atoms with van der Waals surface area (Å²) < 4.78 is 19.3. The quantitative estimate of drug-likeness (QED) is 0.793. The number of nitrogens with zero attached hydrogens (tertiary/aromatic N) is 1. The van der Waals surface area contributed by atoms with Crippen LogP contribution in [0, 0.1) is 19.7 Å². The summed E-state index contributed by atoms with van der Waals surface area (Å²) in [5.41, 5.74) is 3.64. The second kappa shape index (κ2) is 5.30. The zero-order valence-electron chi connectivity index (χ0n) is 12.3. The fraction of sp³-hybridized carbons (Fsp3) is 0.235. The first kappa shape index (κ1) is 13.8. The van der Waals surface area contributed by atoms with Gasteiger partial charge in [0.2, 0.25) is 0 Å². The van der Waals surface area contributed by atoms with Gasteiger partial charge >= 0.3 is 0 Å². The summed E-state index contributed by atoms with van der Waals surface area (Å²) in [6.07, 6.45) is 1.84. The highest BCUT2D eigenvalue weighted by molar-refractivity contribution is 5.82. The van der Waals surface area contributed by atoms with E-state index >= 15 is 0 Å². The molecule has 4 heteroatoms. The van der Waals surface area contributed by atoms with Crippen LogP contribution in [0.5, 0.6) is 0 Å². The third kappa shape index (κ3) is 2.43. The molecule has 0 aliphatic rings. The molecule has 2 aromatic heterocycles. The predicted molar refractivity (Wildman–Crippen MR) is 80.8 cm³/mol. The van der Waals surface area contributed by atoms with Crippen molar-refractivity contribution in [2.45, 2.75) is 19.9 Å². The number of aryl methyl sites for hydroxylation is 2. The van der Waals surface area contributed by atoms with Crippen molar-refractivity contribution in [3.63, 3.8) is 0 Å². The number of benzene rings is 1. The Hall–Kier alpha value is -2.20. The second-order valence-corrected chi connectivity index (χ2v) is 5.19. The molecule has 2 heterocycles. The fourth-order valence-corrected chi connectivity index (χ4v) is 2.59. The lowest BCUT2D eigenvalue weighted by atomic mass is 10.0. The molecule has 3 rings (SSSR count). The van der Waals surface area contributed by atoms with E-state index in [1.54, 1.807) is 6.07 Å². The Bertz CT molecular complexity index is 777. The van der Waals surface area contributed by atoms with E-state index in [9.17, 15) is 4.39 Å². The van der Waals surface area contributed by atoms with E-state index in [0.717, 1.165) is 28.0 Å². The van der Waals surface area contributed by atoms with Gasteiger partial charge in [-0.05, 0) is 50.7 Å². The zero-order chi connectivity index (χ0) is 15.0. The van der Waals surface area contributed by atoms with Crippen LogP contribution in [0.4, 0.5) is 4.39 Å². The lowest BCUT2D eigenvalue weighted by Gasteiger charge is -2.15. The molecule has 0 saturated carbocycles. The molecule has 0 saturated heterocycles. The number of rotatable bonds is 3. The predicted octanol–water partition coefficient (Wildman–Crippen LogP) is 3.89. The van der Waals surface area contributed by atoms with Gasteiger partial charge in [-0.2, -0.15) is 0 Å². The van der Waals surface area contributed by atoms with E-state index in [1.165, 1.54) is 12.1 Å². The third-order valence-electron chi connectivity index (χ3n) is 3.75. The van der Waals surface area contributed by atoms with Crippen molar-refractivity contribution in [1.29, 1.82) is 0 Å². The molecule has 0 fully saturated rings. The van der Waals surface area contributed by atoms with Crippen LogP contribution in [-0.4, -0.2) is 12.0 Å². The molecule has 0 bridgehead atoms. The van der Waals surface area contributed by atoms with Gasteiger partial charge in [-0.1, -0.05) is 6.07 Å². The van der Waals surface area contributed by atoms with Crippen LogP contribution in [-0.2, 0) is 0 Å². The summed E-state index contributed by atoms with van der Waals surface area (Å²) in [5.74, 6) is 0.541. The normalized spacial score (nSPS) is 12.8. The molecule has 3 aromatic rings. The summed E-state index contributed by atoms with van der Waals surface area (Å²) in [5, 5.41) is 4.05. The molecule has 108 valence electrons. The Morgan fingerprint density at radius 3 is 2.67 bits per heavy atom. The molecular formula is C17H17FN2O. The molecule has 0 amide bonds. The van der Waals surface area contributed by atoms with Crippen molar-refractivity contribution in [3.8, 4) is 0 Å². The van der Waals surface area contributed by atoms with Crippen molar-refractivity contribution in [2.24, 2.45) is 0 Å². The molecule has 0 aliphatic carbocycles. The fourth-order valence-electron chi connectivity index (χ4n) is 2.59. The van der Waals surface area contributed by atoms with E-state index in [4.69, 9.17) is 4.42 Å². The Morgan fingerprint density at radius 2 is 2.00 bits per heavy atom. The lowest BCUT2D eigenvalue weighted by Crippen LogP contribution is -2.18. The number of nitrogens with one attached hydrogen (secondary N) is 1. The number of halogens is 1. The van der Waals surface area contributed by atoms with E-state index in [-0.39, 0.29) is 11.9 Å². The van der Waals surface area contributed by atoms with Crippen LogP contribution >= 0.6 is 0 Å². The maximum Gasteiger partial charge on any atom is 0.134 e. The molecule has 21 heavy (non-hydrogen) atoms. The smallest absolute Gasteiger partial charge is 0.134 e. The molecule has 0 radical (unpaired) electrons. The van der Waals surface area contributed by atoms with Crippen LogP contribution in [0.25, 0.3) is 11.0 Å². The number of aromatic nitrogens is 1. The monoisotopic (exact) mass is 284 g/mol. The van der Waals surface area contributed by atoms with E-state index in [1.807, 2.05) is 39.2 Å². The molecule has 1 unspecified atom stereocenters. The van der Waals surface area contributed by atoms with E-state index in [0.29, 0.717) is 5.58 Å². The largest absolute Gasteiger partial charge is 0.459 e. The first-order chi connectivity index (χ1) is 10.1. The molecule has 0 aliphatic heterocycles. The van der Waals surface area contributed by atoms with E-state index in [2.05, 4.69) is 10.3 Å². The van der Waals surface area contributed by atoms with Crippen molar-refractivity contribution >= 4 is 11.0 Å². The van der Waals surface area contributed by atoms with Crippen LogP contribution in [0.1, 0.15) is 28.6 Å². The Morgan fingerprint density at radius 1 is 1.19 bits per heavy atom.